The van der Waals surface area contributed by atoms with E-state index < -0.39 is 6.04 Å². The normalized spacial score (nSPS) is 13.2. The Morgan fingerprint density at radius 1 is 1.03 bits per heavy atom. The number of amides is 2. The van der Waals surface area contributed by atoms with Crippen LogP contribution in [0.15, 0.2) is 42.5 Å². The zero-order chi connectivity index (χ0) is 25.5. The molecule has 0 saturated heterocycles. The Balaban J connectivity index is 2.24. The van der Waals surface area contributed by atoms with Gasteiger partial charge in [0.2, 0.25) is 5.91 Å². The van der Waals surface area contributed by atoms with Crippen molar-refractivity contribution in [2.24, 2.45) is 0 Å². The van der Waals surface area contributed by atoms with E-state index in [1.807, 2.05) is 45.0 Å². The van der Waals surface area contributed by atoms with Gasteiger partial charge in [-0.3, -0.25) is 9.59 Å². The van der Waals surface area contributed by atoms with Gasteiger partial charge in [0.15, 0.2) is 6.61 Å². The van der Waals surface area contributed by atoms with E-state index in [2.05, 4.69) is 26.1 Å². The fourth-order valence-electron chi connectivity index (χ4n) is 3.47. The Hall–Kier alpha value is -2.24. The third kappa shape index (κ3) is 7.92. The van der Waals surface area contributed by atoms with Crippen LogP contribution in [0.25, 0.3) is 0 Å². The highest BCUT2D eigenvalue weighted by molar-refractivity contribution is 6.35. The van der Waals surface area contributed by atoms with E-state index in [0.717, 1.165) is 6.42 Å². The lowest BCUT2D eigenvalue weighted by atomic mass is 9.87. The first-order valence-electron chi connectivity index (χ1n) is 11.7. The Morgan fingerprint density at radius 3 is 2.21 bits per heavy atom. The summed E-state index contributed by atoms with van der Waals surface area (Å²) in [5.41, 5.74) is 1.92. The van der Waals surface area contributed by atoms with Gasteiger partial charge in [-0.25, -0.2) is 0 Å². The molecule has 5 nitrogen and oxygen atoms in total. The van der Waals surface area contributed by atoms with Crippen molar-refractivity contribution in [2.75, 3.05) is 6.61 Å². The fourth-order valence-corrected chi connectivity index (χ4v) is 3.94. The predicted octanol–water partition coefficient (Wildman–Crippen LogP) is 6.39. The summed E-state index contributed by atoms with van der Waals surface area (Å²) in [5.74, 6) is 0.116. The van der Waals surface area contributed by atoms with Crippen LogP contribution >= 0.6 is 23.2 Å². The van der Waals surface area contributed by atoms with Gasteiger partial charge in [0, 0.05) is 22.6 Å². The standard InChI is InChI=1S/C27H36Cl2N2O3/c1-7-18(3)30-26(33)24(8-2)31(16-19-9-12-21(28)15-23(19)29)25(32)17-34-22-13-10-20(11-14-22)27(4,5)6/h9-15,18,24H,7-8,16-17H2,1-6H3,(H,30,33)/t18-,24-/m0/s1. The molecule has 2 aromatic rings. The lowest BCUT2D eigenvalue weighted by Gasteiger charge is -2.31. The number of hydrogen-bond acceptors (Lipinski definition) is 3. The fraction of sp³-hybridized carbons (Fsp3) is 0.481. The van der Waals surface area contributed by atoms with Crippen molar-refractivity contribution in [2.45, 2.75) is 78.4 Å². The number of benzene rings is 2. The molecule has 1 N–H and O–H groups in total. The first kappa shape index (κ1) is 28.0. The van der Waals surface area contributed by atoms with Crippen molar-refractivity contribution in [1.82, 2.24) is 10.2 Å². The van der Waals surface area contributed by atoms with E-state index >= 15 is 0 Å². The summed E-state index contributed by atoms with van der Waals surface area (Å²) in [6.45, 7) is 12.2. The van der Waals surface area contributed by atoms with Gasteiger partial charge in [-0.15, -0.1) is 0 Å². The first-order chi connectivity index (χ1) is 16.0. The molecule has 2 atom stereocenters. The van der Waals surface area contributed by atoms with Crippen LogP contribution in [0.5, 0.6) is 5.75 Å². The van der Waals surface area contributed by atoms with E-state index in [4.69, 9.17) is 27.9 Å². The minimum atomic E-state index is -0.653. The average Bonchev–Trinajstić information content (AvgIpc) is 2.78. The zero-order valence-electron chi connectivity index (χ0n) is 21.0. The van der Waals surface area contributed by atoms with Crippen LogP contribution in [0.2, 0.25) is 10.0 Å². The van der Waals surface area contributed by atoms with E-state index in [9.17, 15) is 9.59 Å². The molecular weight excluding hydrogens is 471 g/mol. The smallest absolute Gasteiger partial charge is 0.261 e. The van der Waals surface area contributed by atoms with Crippen molar-refractivity contribution in [3.8, 4) is 5.75 Å². The van der Waals surface area contributed by atoms with Crippen molar-refractivity contribution < 1.29 is 14.3 Å². The largest absolute Gasteiger partial charge is 0.484 e. The lowest BCUT2D eigenvalue weighted by molar-refractivity contribution is -0.143. The van der Waals surface area contributed by atoms with Crippen molar-refractivity contribution in [3.05, 3.63) is 63.6 Å². The highest BCUT2D eigenvalue weighted by Crippen LogP contribution is 2.26. The molecule has 0 bridgehead atoms. The summed E-state index contributed by atoms with van der Waals surface area (Å²) in [4.78, 5) is 27.9. The van der Waals surface area contributed by atoms with E-state index in [1.165, 1.54) is 10.5 Å². The number of rotatable bonds is 10. The Kier molecular flexibility index (Phi) is 10.3. The summed E-state index contributed by atoms with van der Waals surface area (Å²) in [6, 6.07) is 12.2. The highest BCUT2D eigenvalue weighted by atomic mass is 35.5. The molecule has 2 rings (SSSR count). The Labute approximate surface area is 213 Å². The maximum absolute atomic E-state index is 13.3. The van der Waals surface area contributed by atoms with Crippen LogP contribution in [0.4, 0.5) is 0 Å². The number of carbonyl (C=O) groups is 2. The molecule has 0 saturated carbocycles. The predicted molar refractivity (Wildman–Crippen MR) is 140 cm³/mol. The van der Waals surface area contributed by atoms with E-state index in [-0.39, 0.29) is 36.4 Å². The minimum absolute atomic E-state index is 0.00945. The second-order valence-corrected chi connectivity index (χ2v) is 10.4. The topological polar surface area (TPSA) is 58.6 Å². The van der Waals surface area contributed by atoms with E-state index in [0.29, 0.717) is 27.8 Å². The summed E-state index contributed by atoms with van der Waals surface area (Å²) in [7, 11) is 0. The summed E-state index contributed by atoms with van der Waals surface area (Å²) in [6.07, 6.45) is 1.26. The highest BCUT2D eigenvalue weighted by Gasteiger charge is 2.30. The molecule has 0 unspecified atom stereocenters. The molecule has 186 valence electrons. The monoisotopic (exact) mass is 506 g/mol. The van der Waals surface area contributed by atoms with Crippen LogP contribution in [0.3, 0.4) is 0 Å². The third-order valence-electron chi connectivity index (χ3n) is 5.83. The SMILES string of the molecule is CC[C@H](C)NC(=O)[C@H](CC)N(Cc1ccc(Cl)cc1Cl)C(=O)COc1ccc(C(C)(C)C)cc1. The van der Waals surface area contributed by atoms with Crippen molar-refractivity contribution in [1.29, 1.82) is 0 Å². The second-order valence-electron chi connectivity index (χ2n) is 9.56. The van der Waals surface area contributed by atoms with Gasteiger partial charge in [0.1, 0.15) is 11.8 Å². The summed E-state index contributed by atoms with van der Waals surface area (Å²) in [5, 5.41) is 3.95. The van der Waals surface area contributed by atoms with Crippen molar-refractivity contribution >= 4 is 35.0 Å². The molecule has 0 fully saturated rings. The first-order valence-corrected chi connectivity index (χ1v) is 12.5. The van der Waals surface area contributed by atoms with Crippen LogP contribution < -0.4 is 10.1 Å². The van der Waals surface area contributed by atoms with Gasteiger partial charge < -0.3 is 15.0 Å². The van der Waals surface area contributed by atoms with Crippen LogP contribution in [0.1, 0.15) is 65.5 Å². The van der Waals surface area contributed by atoms with Crippen molar-refractivity contribution in [3.63, 3.8) is 0 Å². The molecule has 2 aromatic carbocycles. The van der Waals surface area contributed by atoms with Gasteiger partial charge in [-0.1, -0.05) is 76.0 Å². The molecule has 0 radical (unpaired) electrons. The molecule has 0 aliphatic rings. The molecule has 0 aliphatic heterocycles. The molecule has 34 heavy (non-hydrogen) atoms. The average molecular weight is 508 g/mol. The quantitative estimate of drug-likeness (QED) is 0.405. The Bertz CT molecular complexity index is 971. The number of ether oxygens (including phenoxy) is 1. The van der Waals surface area contributed by atoms with Gasteiger partial charge in [-0.05, 0) is 60.6 Å². The van der Waals surface area contributed by atoms with Gasteiger partial charge >= 0.3 is 0 Å². The minimum Gasteiger partial charge on any atom is -0.484 e. The lowest BCUT2D eigenvalue weighted by Crippen LogP contribution is -2.51. The van der Waals surface area contributed by atoms with Crippen LogP contribution in [-0.4, -0.2) is 35.4 Å². The molecule has 0 heterocycles. The number of hydrogen-bond donors (Lipinski definition) is 1. The summed E-state index contributed by atoms with van der Waals surface area (Å²) >= 11 is 12.4. The number of nitrogens with zero attached hydrogens (tertiary/aromatic N) is 1. The summed E-state index contributed by atoms with van der Waals surface area (Å²) < 4.78 is 5.80. The van der Waals surface area contributed by atoms with Gasteiger partial charge in [0.05, 0.1) is 0 Å². The molecule has 0 aliphatic carbocycles. The molecule has 0 aromatic heterocycles. The number of carbonyl (C=O) groups excluding carboxylic acids is 2. The van der Waals surface area contributed by atoms with E-state index in [1.54, 1.807) is 18.2 Å². The third-order valence-corrected chi connectivity index (χ3v) is 6.41. The molecular formula is C27H36Cl2N2O3. The van der Waals surface area contributed by atoms with Gasteiger partial charge in [0.25, 0.3) is 5.91 Å². The molecule has 7 heteroatoms. The molecule has 2 amide bonds. The zero-order valence-corrected chi connectivity index (χ0v) is 22.5. The number of nitrogens with one attached hydrogen (secondary N) is 1. The Morgan fingerprint density at radius 2 is 1.68 bits per heavy atom. The van der Waals surface area contributed by atoms with Gasteiger partial charge in [-0.2, -0.15) is 0 Å². The van der Waals surface area contributed by atoms with Crippen LogP contribution in [-0.2, 0) is 21.5 Å². The number of halogens is 2. The maximum Gasteiger partial charge on any atom is 0.261 e. The maximum atomic E-state index is 13.3. The molecule has 0 spiro atoms. The van der Waals surface area contributed by atoms with Crippen LogP contribution in [0, 0.1) is 0 Å². The second kappa shape index (κ2) is 12.5.